The largest absolute Gasteiger partial charge is 0.370 e. The van der Waals surface area contributed by atoms with E-state index in [2.05, 4.69) is 29.4 Å². The van der Waals surface area contributed by atoms with Crippen LogP contribution >= 0.6 is 35.3 Å². The Balaban J connectivity index is 0.00000208. The fourth-order valence-corrected chi connectivity index (χ4v) is 3.99. The number of nitrogens with zero attached hydrogens (tertiary/aromatic N) is 2. The zero-order valence-electron chi connectivity index (χ0n) is 14.0. The number of fused-ring (bicyclic) bond motifs is 1. The number of hydrogen-bond donors (Lipinski definition) is 2. The molecule has 24 heavy (non-hydrogen) atoms. The number of halogens is 1. The van der Waals surface area contributed by atoms with Gasteiger partial charge >= 0.3 is 0 Å². The van der Waals surface area contributed by atoms with Gasteiger partial charge in [-0.25, -0.2) is 4.98 Å². The third-order valence-corrected chi connectivity index (χ3v) is 5.32. The summed E-state index contributed by atoms with van der Waals surface area (Å²) in [6.45, 7) is 2.82. The predicted octanol–water partition coefficient (Wildman–Crippen LogP) is 4.17. The number of guanidine groups is 1. The molecule has 0 aliphatic heterocycles. The molecule has 6 heteroatoms. The first-order chi connectivity index (χ1) is 11.2. The van der Waals surface area contributed by atoms with Gasteiger partial charge in [-0.05, 0) is 49.8 Å². The highest BCUT2D eigenvalue weighted by atomic mass is 127. The van der Waals surface area contributed by atoms with Crippen molar-refractivity contribution in [3.63, 3.8) is 0 Å². The van der Waals surface area contributed by atoms with Crippen LogP contribution in [0.3, 0.4) is 0 Å². The van der Waals surface area contributed by atoms with Crippen LogP contribution in [0.2, 0.25) is 0 Å². The van der Waals surface area contributed by atoms with E-state index in [0.717, 1.165) is 24.9 Å². The summed E-state index contributed by atoms with van der Waals surface area (Å²) in [6, 6.07) is 8.27. The van der Waals surface area contributed by atoms with Crippen molar-refractivity contribution in [1.29, 1.82) is 0 Å². The van der Waals surface area contributed by atoms with E-state index < -0.39 is 0 Å². The average molecular weight is 456 g/mol. The summed E-state index contributed by atoms with van der Waals surface area (Å²) in [5.41, 5.74) is 9.59. The first-order valence-corrected chi connectivity index (χ1v) is 9.19. The molecule has 4 nitrogen and oxygen atoms in total. The molecule has 0 spiro atoms. The molecule has 0 radical (unpaired) electrons. The number of benzene rings is 1. The van der Waals surface area contributed by atoms with Crippen LogP contribution in [-0.2, 0) is 25.7 Å². The zero-order valence-corrected chi connectivity index (χ0v) is 17.2. The minimum absolute atomic E-state index is 0. The van der Waals surface area contributed by atoms with Gasteiger partial charge in [0.05, 0.1) is 10.7 Å². The molecule has 0 atom stereocenters. The summed E-state index contributed by atoms with van der Waals surface area (Å²) >= 11 is 1.85. The molecule has 0 amide bonds. The van der Waals surface area contributed by atoms with E-state index in [1.807, 2.05) is 23.5 Å². The molecule has 2 aromatic rings. The molecule has 3 N–H and O–H groups in total. The molecule has 130 valence electrons. The van der Waals surface area contributed by atoms with Crippen LogP contribution in [0, 0.1) is 0 Å². The number of nitrogens with one attached hydrogen (secondary N) is 1. The molecule has 0 fully saturated rings. The fraction of sp³-hybridized carbons (Fsp3) is 0.444. The lowest BCUT2D eigenvalue weighted by atomic mass is 10.0. The van der Waals surface area contributed by atoms with Crippen LogP contribution in [0.4, 0.5) is 5.69 Å². The lowest BCUT2D eigenvalue weighted by Gasteiger charge is -2.07. The van der Waals surface area contributed by atoms with E-state index in [4.69, 9.17) is 10.7 Å². The summed E-state index contributed by atoms with van der Waals surface area (Å²) < 4.78 is 0. The van der Waals surface area contributed by atoms with Crippen molar-refractivity contribution in [2.24, 2.45) is 10.7 Å². The fourth-order valence-electron chi connectivity index (χ4n) is 2.84. The van der Waals surface area contributed by atoms with Gasteiger partial charge in [-0.2, -0.15) is 0 Å². The molecule has 1 aliphatic carbocycles. The van der Waals surface area contributed by atoms with E-state index in [-0.39, 0.29) is 24.0 Å². The second-order valence-corrected chi connectivity index (χ2v) is 7.05. The van der Waals surface area contributed by atoms with Gasteiger partial charge < -0.3 is 11.1 Å². The van der Waals surface area contributed by atoms with Crippen molar-refractivity contribution in [2.75, 3.05) is 11.9 Å². The highest BCUT2D eigenvalue weighted by Gasteiger charge is 2.14. The van der Waals surface area contributed by atoms with Crippen LogP contribution in [0.15, 0.2) is 29.3 Å². The number of rotatable bonds is 5. The van der Waals surface area contributed by atoms with Gasteiger partial charge in [-0.3, -0.25) is 4.99 Å². The maximum atomic E-state index is 5.98. The van der Waals surface area contributed by atoms with E-state index >= 15 is 0 Å². The molecule has 0 saturated heterocycles. The van der Waals surface area contributed by atoms with Crippen molar-refractivity contribution in [1.82, 2.24) is 4.98 Å². The van der Waals surface area contributed by atoms with Crippen molar-refractivity contribution in [3.8, 4) is 0 Å². The summed E-state index contributed by atoms with van der Waals surface area (Å²) in [5, 5.41) is 4.36. The van der Waals surface area contributed by atoms with Crippen LogP contribution in [-0.4, -0.2) is 17.5 Å². The predicted molar refractivity (Wildman–Crippen MR) is 114 cm³/mol. The highest BCUT2D eigenvalue weighted by molar-refractivity contribution is 14.0. The quantitative estimate of drug-likeness (QED) is 0.403. The average Bonchev–Trinajstić information content (AvgIpc) is 2.97. The third-order valence-electron chi connectivity index (χ3n) is 4.11. The van der Waals surface area contributed by atoms with Crippen LogP contribution in [0.25, 0.3) is 0 Å². The van der Waals surface area contributed by atoms with Gasteiger partial charge in [-0.1, -0.05) is 19.1 Å². The van der Waals surface area contributed by atoms with Crippen molar-refractivity contribution < 1.29 is 0 Å². The number of thiazole rings is 1. The van der Waals surface area contributed by atoms with Crippen molar-refractivity contribution in [3.05, 3.63) is 45.4 Å². The van der Waals surface area contributed by atoms with E-state index in [1.54, 1.807) is 0 Å². The molecular formula is C18H25IN4S. The molecule has 0 unspecified atom stereocenters. The Bertz CT molecular complexity index is 673. The van der Waals surface area contributed by atoms with Crippen molar-refractivity contribution in [2.45, 2.75) is 45.4 Å². The van der Waals surface area contributed by atoms with Gasteiger partial charge in [0.15, 0.2) is 5.96 Å². The Morgan fingerprint density at radius 3 is 2.96 bits per heavy atom. The minimum atomic E-state index is 0. The second kappa shape index (κ2) is 9.36. The maximum Gasteiger partial charge on any atom is 0.193 e. The number of aryl methyl sites for hydroxylation is 3. The number of nitrogens with two attached hydrogens (primary N) is 1. The summed E-state index contributed by atoms with van der Waals surface area (Å²) in [4.78, 5) is 10.7. The molecule has 1 heterocycles. The Kier molecular flexibility index (Phi) is 7.48. The number of hydrogen-bond acceptors (Lipinski definition) is 3. The SMILES string of the molecule is CCc1cccc(NC(N)=NCCc2nc3c(s2)CCCC3)c1.I. The lowest BCUT2D eigenvalue weighted by Crippen LogP contribution is -2.23. The normalized spacial score (nSPS) is 14.0. The Morgan fingerprint density at radius 2 is 2.17 bits per heavy atom. The van der Waals surface area contributed by atoms with Gasteiger partial charge in [0.1, 0.15) is 0 Å². The smallest absolute Gasteiger partial charge is 0.193 e. The van der Waals surface area contributed by atoms with Crippen molar-refractivity contribution >= 4 is 47.0 Å². The van der Waals surface area contributed by atoms with Crippen LogP contribution in [0.5, 0.6) is 0 Å². The molecule has 0 saturated carbocycles. The van der Waals surface area contributed by atoms with E-state index in [9.17, 15) is 0 Å². The minimum Gasteiger partial charge on any atom is -0.370 e. The highest BCUT2D eigenvalue weighted by Crippen LogP contribution is 2.26. The maximum absolute atomic E-state index is 5.98. The first kappa shape index (κ1) is 19.2. The summed E-state index contributed by atoms with van der Waals surface area (Å²) in [5.74, 6) is 0.472. The monoisotopic (exact) mass is 456 g/mol. The Labute approximate surface area is 165 Å². The second-order valence-electron chi connectivity index (χ2n) is 5.88. The molecule has 0 bridgehead atoms. The standard InChI is InChI=1S/C18H24N4S.HI/c1-2-13-6-5-7-14(12-13)21-18(19)20-11-10-17-22-15-8-3-4-9-16(15)23-17;/h5-7,12H,2-4,8-11H2,1H3,(H3,19,20,21);1H. The van der Waals surface area contributed by atoms with Gasteiger partial charge in [-0.15, -0.1) is 35.3 Å². The van der Waals surface area contributed by atoms with Gasteiger partial charge in [0, 0.05) is 23.5 Å². The lowest BCUT2D eigenvalue weighted by molar-refractivity contribution is 0.680. The third kappa shape index (κ3) is 5.17. The topological polar surface area (TPSA) is 63.3 Å². The molecular weight excluding hydrogens is 431 g/mol. The Hall–Kier alpha value is -1.15. The van der Waals surface area contributed by atoms with Crippen LogP contribution < -0.4 is 11.1 Å². The molecule has 1 aliphatic rings. The van der Waals surface area contributed by atoms with Crippen LogP contribution in [0.1, 0.15) is 40.9 Å². The molecule has 1 aromatic heterocycles. The zero-order chi connectivity index (χ0) is 16.1. The summed E-state index contributed by atoms with van der Waals surface area (Å²) in [7, 11) is 0. The van der Waals surface area contributed by atoms with E-state index in [0.29, 0.717) is 12.5 Å². The number of aliphatic imine (C=N–C) groups is 1. The summed E-state index contributed by atoms with van der Waals surface area (Å²) in [6.07, 6.45) is 6.82. The molecule has 3 rings (SSSR count). The first-order valence-electron chi connectivity index (χ1n) is 8.38. The number of aromatic nitrogens is 1. The molecule has 1 aromatic carbocycles. The number of anilines is 1. The Morgan fingerprint density at radius 1 is 1.33 bits per heavy atom. The van der Waals surface area contributed by atoms with Gasteiger partial charge in [0.2, 0.25) is 0 Å². The van der Waals surface area contributed by atoms with E-state index in [1.165, 1.54) is 40.4 Å². The van der Waals surface area contributed by atoms with Gasteiger partial charge in [0.25, 0.3) is 0 Å².